The second kappa shape index (κ2) is 5.44. The van der Waals surface area contributed by atoms with E-state index in [2.05, 4.69) is 47.0 Å². The predicted molar refractivity (Wildman–Crippen MR) is 63.3 cm³/mol. The van der Waals surface area contributed by atoms with E-state index in [1.807, 2.05) is 13.1 Å². The van der Waals surface area contributed by atoms with Crippen LogP contribution in [0.5, 0.6) is 5.75 Å². The summed E-state index contributed by atoms with van der Waals surface area (Å²) >= 11 is 2.29. The zero-order valence-electron chi connectivity index (χ0n) is 7.93. The number of ether oxygens (including phenoxy) is 1. The molecule has 0 spiro atoms. The molecule has 0 radical (unpaired) electrons. The number of aryl methyl sites for hydroxylation is 1. The van der Waals surface area contributed by atoms with E-state index < -0.39 is 0 Å². The molecule has 0 saturated carbocycles. The Labute approximate surface area is 92.8 Å². The van der Waals surface area contributed by atoms with Crippen LogP contribution in [0.2, 0.25) is 0 Å². The van der Waals surface area contributed by atoms with Crippen molar-refractivity contribution in [2.24, 2.45) is 0 Å². The first-order chi connectivity index (χ1) is 6.24. The maximum Gasteiger partial charge on any atom is 0.132 e. The van der Waals surface area contributed by atoms with Crippen molar-refractivity contribution in [3.63, 3.8) is 0 Å². The molecule has 0 unspecified atom stereocenters. The standard InChI is InChI=1S/C10H14INO/c1-8-3-4-10(9(11)7-8)13-6-5-12-2/h3-4,7,12H,5-6H2,1-2H3. The molecule has 13 heavy (non-hydrogen) atoms. The van der Waals surface area contributed by atoms with Crippen LogP contribution in [-0.4, -0.2) is 20.2 Å². The molecule has 0 fully saturated rings. The van der Waals surface area contributed by atoms with E-state index >= 15 is 0 Å². The van der Waals surface area contributed by atoms with Crippen LogP contribution in [0.25, 0.3) is 0 Å². The highest BCUT2D eigenvalue weighted by atomic mass is 127. The van der Waals surface area contributed by atoms with E-state index in [4.69, 9.17) is 4.74 Å². The molecule has 1 aromatic carbocycles. The number of halogens is 1. The summed E-state index contributed by atoms with van der Waals surface area (Å²) < 4.78 is 6.74. The molecule has 0 amide bonds. The number of hydrogen-bond donors (Lipinski definition) is 1. The van der Waals surface area contributed by atoms with Gasteiger partial charge in [0.15, 0.2) is 0 Å². The zero-order valence-corrected chi connectivity index (χ0v) is 10.1. The highest BCUT2D eigenvalue weighted by Gasteiger charge is 1.99. The SMILES string of the molecule is CNCCOc1ccc(C)cc1I. The summed E-state index contributed by atoms with van der Waals surface area (Å²) in [5.74, 6) is 0.974. The second-order valence-electron chi connectivity index (χ2n) is 2.89. The average Bonchev–Trinajstić information content (AvgIpc) is 2.09. The van der Waals surface area contributed by atoms with Gasteiger partial charge in [-0.2, -0.15) is 0 Å². The Hall–Kier alpha value is -0.290. The normalized spacial score (nSPS) is 10.1. The number of hydrogen-bond acceptors (Lipinski definition) is 2. The predicted octanol–water partition coefficient (Wildman–Crippen LogP) is 2.20. The lowest BCUT2D eigenvalue weighted by Crippen LogP contribution is -2.16. The Bertz CT molecular complexity index is 276. The van der Waals surface area contributed by atoms with Crippen LogP contribution in [0.3, 0.4) is 0 Å². The largest absolute Gasteiger partial charge is 0.491 e. The fraction of sp³-hybridized carbons (Fsp3) is 0.400. The first kappa shape index (κ1) is 10.8. The van der Waals surface area contributed by atoms with Crippen LogP contribution >= 0.6 is 22.6 Å². The molecule has 2 nitrogen and oxygen atoms in total. The molecular weight excluding hydrogens is 277 g/mol. The fourth-order valence-corrected chi connectivity index (χ4v) is 1.81. The van der Waals surface area contributed by atoms with Gasteiger partial charge in [-0.05, 0) is 54.3 Å². The summed E-state index contributed by atoms with van der Waals surface area (Å²) in [6, 6.07) is 6.21. The lowest BCUT2D eigenvalue weighted by Gasteiger charge is -2.07. The summed E-state index contributed by atoms with van der Waals surface area (Å²) in [6.45, 7) is 3.68. The van der Waals surface area contributed by atoms with Crippen molar-refractivity contribution in [1.29, 1.82) is 0 Å². The summed E-state index contributed by atoms with van der Waals surface area (Å²) in [5.41, 5.74) is 1.27. The van der Waals surface area contributed by atoms with Crippen LogP contribution in [0.15, 0.2) is 18.2 Å². The van der Waals surface area contributed by atoms with Gasteiger partial charge < -0.3 is 10.1 Å². The Morgan fingerprint density at radius 1 is 1.46 bits per heavy atom. The van der Waals surface area contributed by atoms with Crippen molar-refractivity contribution in [3.05, 3.63) is 27.3 Å². The zero-order chi connectivity index (χ0) is 9.68. The van der Waals surface area contributed by atoms with Crippen LogP contribution in [-0.2, 0) is 0 Å². The maximum atomic E-state index is 5.56. The third kappa shape index (κ3) is 3.52. The molecule has 3 heteroatoms. The number of nitrogens with one attached hydrogen (secondary N) is 1. The maximum absolute atomic E-state index is 5.56. The van der Waals surface area contributed by atoms with Crippen LogP contribution in [0, 0.1) is 10.5 Å². The number of benzene rings is 1. The fourth-order valence-electron chi connectivity index (χ4n) is 0.986. The number of likely N-dealkylation sites (N-methyl/N-ethyl adjacent to an activating group) is 1. The minimum absolute atomic E-state index is 0.718. The third-order valence-corrected chi connectivity index (χ3v) is 2.54. The minimum Gasteiger partial charge on any atom is -0.491 e. The highest BCUT2D eigenvalue weighted by Crippen LogP contribution is 2.21. The van der Waals surface area contributed by atoms with E-state index in [1.54, 1.807) is 0 Å². The Morgan fingerprint density at radius 3 is 2.85 bits per heavy atom. The van der Waals surface area contributed by atoms with Crippen molar-refractivity contribution < 1.29 is 4.74 Å². The summed E-state index contributed by atoms with van der Waals surface area (Å²) in [6.07, 6.45) is 0. The Kier molecular flexibility index (Phi) is 4.52. The second-order valence-corrected chi connectivity index (χ2v) is 4.05. The lowest BCUT2D eigenvalue weighted by atomic mass is 10.2. The molecular formula is C10H14INO. The Morgan fingerprint density at radius 2 is 2.23 bits per heavy atom. The van der Waals surface area contributed by atoms with Crippen molar-refractivity contribution in [2.75, 3.05) is 20.2 Å². The molecule has 1 aromatic rings. The van der Waals surface area contributed by atoms with Crippen LogP contribution in [0.4, 0.5) is 0 Å². The molecule has 0 saturated heterocycles. The molecule has 0 aromatic heterocycles. The molecule has 0 bridgehead atoms. The van der Waals surface area contributed by atoms with Gasteiger partial charge in [-0.15, -0.1) is 0 Å². The van der Waals surface area contributed by atoms with Gasteiger partial charge in [0.05, 0.1) is 3.57 Å². The molecule has 0 aliphatic heterocycles. The van der Waals surface area contributed by atoms with E-state index in [-0.39, 0.29) is 0 Å². The molecule has 0 heterocycles. The van der Waals surface area contributed by atoms with Gasteiger partial charge in [0.25, 0.3) is 0 Å². The summed E-state index contributed by atoms with van der Waals surface area (Å²) in [5, 5.41) is 3.04. The highest BCUT2D eigenvalue weighted by molar-refractivity contribution is 14.1. The van der Waals surface area contributed by atoms with E-state index in [0.29, 0.717) is 0 Å². The summed E-state index contributed by atoms with van der Waals surface area (Å²) in [4.78, 5) is 0. The van der Waals surface area contributed by atoms with E-state index in [0.717, 1.165) is 18.9 Å². The summed E-state index contributed by atoms with van der Waals surface area (Å²) in [7, 11) is 1.92. The molecule has 1 rings (SSSR count). The molecule has 0 aliphatic carbocycles. The van der Waals surface area contributed by atoms with Gasteiger partial charge in [-0.1, -0.05) is 6.07 Å². The van der Waals surface area contributed by atoms with Gasteiger partial charge >= 0.3 is 0 Å². The van der Waals surface area contributed by atoms with Gasteiger partial charge in [-0.25, -0.2) is 0 Å². The van der Waals surface area contributed by atoms with Gasteiger partial charge in [0.2, 0.25) is 0 Å². The quantitative estimate of drug-likeness (QED) is 0.678. The molecule has 0 aliphatic rings. The molecule has 0 atom stereocenters. The van der Waals surface area contributed by atoms with Gasteiger partial charge in [-0.3, -0.25) is 0 Å². The molecule has 72 valence electrons. The lowest BCUT2D eigenvalue weighted by molar-refractivity contribution is 0.316. The van der Waals surface area contributed by atoms with Crippen molar-refractivity contribution >= 4 is 22.6 Å². The first-order valence-electron chi connectivity index (χ1n) is 4.27. The van der Waals surface area contributed by atoms with E-state index in [1.165, 1.54) is 9.13 Å². The Balaban J connectivity index is 2.56. The monoisotopic (exact) mass is 291 g/mol. The van der Waals surface area contributed by atoms with Crippen LogP contribution in [0.1, 0.15) is 5.56 Å². The smallest absolute Gasteiger partial charge is 0.132 e. The van der Waals surface area contributed by atoms with Crippen molar-refractivity contribution in [3.8, 4) is 5.75 Å². The van der Waals surface area contributed by atoms with Gasteiger partial charge in [0.1, 0.15) is 12.4 Å². The topological polar surface area (TPSA) is 21.3 Å². The first-order valence-corrected chi connectivity index (χ1v) is 5.35. The minimum atomic E-state index is 0.718. The van der Waals surface area contributed by atoms with Gasteiger partial charge in [0, 0.05) is 6.54 Å². The number of rotatable bonds is 4. The van der Waals surface area contributed by atoms with Crippen LogP contribution < -0.4 is 10.1 Å². The third-order valence-electron chi connectivity index (χ3n) is 1.70. The average molecular weight is 291 g/mol. The van der Waals surface area contributed by atoms with Crippen molar-refractivity contribution in [1.82, 2.24) is 5.32 Å². The van der Waals surface area contributed by atoms with E-state index in [9.17, 15) is 0 Å². The van der Waals surface area contributed by atoms with Crippen molar-refractivity contribution in [2.45, 2.75) is 6.92 Å². The molecule has 1 N–H and O–H groups in total.